The van der Waals surface area contributed by atoms with Crippen LogP contribution in [0.5, 0.6) is 0 Å². The molecular formula is C25H20ClN3O4S2. The van der Waals surface area contributed by atoms with E-state index in [4.69, 9.17) is 16.3 Å². The predicted molar refractivity (Wildman–Crippen MR) is 141 cm³/mol. The SMILES string of the molecule is CCOC(=O)c1ccc(NC(=O)CSc2nc3ccc(NC(=O)c4ccccc4Cl)cc3s2)cc1. The summed E-state index contributed by atoms with van der Waals surface area (Å²) in [5.74, 6) is -0.703. The van der Waals surface area contributed by atoms with E-state index in [1.807, 2.05) is 12.1 Å². The minimum atomic E-state index is -0.400. The summed E-state index contributed by atoms with van der Waals surface area (Å²) in [5.41, 5.74) is 2.83. The molecule has 0 aliphatic carbocycles. The van der Waals surface area contributed by atoms with E-state index < -0.39 is 5.97 Å². The molecule has 0 spiro atoms. The van der Waals surface area contributed by atoms with Gasteiger partial charge in [-0.3, -0.25) is 9.59 Å². The van der Waals surface area contributed by atoms with Crippen LogP contribution in [0.1, 0.15) is 27.6 Å². The van der Waals surface area contributed by atoms with Gasteiger partial charge >= 0.3 is 5.97 Å². The lowest BCUT2D eigenvalue weighted by atomic mass is 10.2. The van der Waals surface area contributed by atoms with Gasteiger partial charge in [0, 0.05) is 11.4 Å². The molecule has 1 heterocycles. The van der Waals surface area contributed by atoms with Crippen molar-refractivity contribution in [3.8, 4) is 0 Å². The van der Waals surface area contributed by atoms with Crippen molar-refractivity contribution in [1.82, 2.24) is 4.98 Å². The van der Waals surface area contributed by atoms with Crippen LogP contribution in [0.2, 0.25) is 5.02 Å². The molecule has 7 nitrogen and oxygen atoms in total. The van der Waals surface area contributed by atoms with Gasteiger partial charge in [0.2, 0.25) is 5.91 Å². The highest BCUT2D eigenvalue weighted by molar-refractivity contribution is 8.01. The fourth-order valence-corrected chi connectivity index (χ4v) is 5.24. The number of fused-ring (bicyclic) bond motifs is 1. The molecule has 35 heavy (non-hydrogen) atoms. The van der Waals surface area contributed by atoms with E-state index in [9.17, 15) is 14.4 Å². The summed E-state index contributed by atoms with van der Waals surface area (Å²) in [6, 6.07) is 18.8. The Kier molecular flexibility index (Phi) is 8.02. The number of ether oxygens (including phenoxy) is 1. The molecule has 0 saturated carbocycles. The second kappa shape index (κ2) is 11.4. The number of benzene rings is 3. The highest BCUT2D eigenvalue weighted by atomic mass is 35.5. The van der Waals surface area contributed by atoms with Gasteiger partial charge in [0.15, 0.2) is 4.34 Å². The van der Waals surface area contributed by atoms with Crippen molar-refractivity contribution in [2.24, 2.45) is 0 Å². The third-order valence-electron chi connectivity index (χ3n) is 4.75. The van der Waals surface area contributed by atoms with Crippen LogP contribution < -0.4 is 10.6 Å². The van der Waals surface area contributed by atoms with Crippen LogP contribution in [0.4, 0.5) is 11.4 Å². The number of hydrogen-bond donors (Lipinski definition) is 2. The molecule has 0 aliphatic heterocycles. The molecule has 0 radical (unpaired) electrons. The minimum absolute atomic E-state index is 0.176. The first-order chi connectivity index (χ1) is 16.9. The summed E-state index contributed by atoms with van der Waals surface area (Å²) in [7, 11) is 0. The molecule has 3 aromatic carbocycles. The molecule has 10 heteroatoms. The van der Waals surface area contributed by atoms with Gasteiger partial charge in [0.1, 0.15) is 0 Å². The number of esters is 1. The lowest BCUT2D eigenvalue weighted by molar-refractivity contribution is -0.113. The fourth-order valence-electron chi connectivity index (χ4n) is 3.12. The number of anilines is 2. The van der Waals surface area contributed by atoms with E-state index >= 15 is 0 Å². The fraction of sp³-hybridized carbons (Fsp3) is 0.120. The first-order valence-corrected chi connectivity index (χ1v) is 12.8. The van der Waals surface area contributed by atoms with Gasteiger partial charge in [0.05, 0.1) is 38.7 Å². The van der Waals surface area contributed by atoms with Crippen LogP contribution in [-0.2, 0) is 9.53 Å². The van der Waals surface area contributed by atoms with Crippen molar-refractivity contribution in [1.29, 1.82) is 0 Å². The number of carbonyl (C=O) groups is 3. The molecule has 2 amide bonds. The van der Waals surface area contributed by atoms with E-state index in [2.05, 4.69) is 15.6 Å². The first-order valence-electron chi connectivity index (χ1n) is 10.6. The average molecular weight is 526 g/mol. The number of thiazole rings is 1. The Morgan fingerprint density at radius 2 is 1.74 bits per heavy atom. The van der Waals surface area contributed by atoms with Gasteiger partial charge < -0.3 is 15.4 Å². The van der Waals surface area contributed by atoms with Crippen LogP contribution >= 0.6 is 34.7 Å². The Bertz CT molecular complexity index is 1390. The summed E-state index contributed by atoms with van der Waals surface area (Å²) in [6.45, 7) is 2.05. The molecule has 0 saturated heterocycles. The van der Waals surface area contributed by atoms with Crippen molar-refractivity contribution in [2.75, 3.05) is 23.0 Å². The Labute approximate surface area is 214 Å². The van der Waals surface area contributed by atoms with Crippen LogP contribution in [-0.4, -0.2) is 35.1 Å². The van der Waals surface area contributed by atoms with Gasteiger partial charge in [-0.2, -0.15) is 0 Å². The zero-order valence-corrected chi connectivity index (χ0v) is 20.9. The first kappa shape index (κ1) is 24.7. The Hall–Kier alpha value is -3.40. The molecule has 1 aromatic heterocycles. The monoisotopic (exact) mass is 525 g/mol. The molecule has 4 rings (SSSR count). The van der Waals surface area contributed by atoms with Crippen molar-refractivity contribution in [3.05, 3.63) is 82.9 Å². The smallest absolute Gasteiger partial charge is 0.338 e. The van der Waals surface area contributed by atoms with Gasteiger partial charge in [0.25, 0.3) is 5.91 Å². The molecule has 0 fully saturated rings. The lowest BCUT2D eigenvalue weighted by Crippen LogP contribution is -2.14. The quantitative estimate of drug-likeness (QED) is 0.213. The molecule has 2 N–H and O–H groups in total. The molecular weight excluding hydrogens is 506 g/mol. The Morgan fingerprint density at radius 1 is 1.00 bits per heavy atom. The second-order valence-electron chi connectivity index (χ2n) is 7.23. The zero-order chi connectivity index (χ0) is 24.8. The largest absolute Gasteiger partial charge is 0.462 e. The summed E-state index contributed by atoms with van der Waals surface area (Å²) in [5, 5.41) is 6.04. The maximum atomic E-state index is 12.5. The summed E-state index contributed by atoms with van der Waals surface area (Å²) < 4.78 is 6.58. The normalized spacial score (nSPS) is 10.7. The van der Waals surface area contributed by atoms with E-state index in [0.717, 1.165) is 14.6 Å². The number of rotatable bonds is 8. The molecule has 0 unspecified atom stereocenters. The maximum absolute atomic E-state index is 12.5. The van der Waals surface area contributed by atoms with Crippen LogP contribution in [0.15, 0.2) is 71.1 Å². The second-order valence-corrected chi connectivity index (χ2v) is 9.89. The van der Waals surface area contributed by atoms with Crippen molar-refractivity contribution in [3.63, 3.8) is 0 Å². The zero-order valence-electron chi connectivity index (χ0n) is 18.5. The van der Waals surface area contributed by atoms with E-state index in [1.54, 1.807) is 61.5 Å². The van der Waals surface area contributed by atoms with Crippen LogP contribution in [0.25, 0.3) is 10.2 Å². The van der Waals surface area contributed by atoms with E-state index in [1.165, 1.54) is 23.1 Å². The number of carbonyl (C=O) groups excluding carboxylic acids is 3. The standard InChI is InChI=1S/C25H20ClN3O4S2/c1-2-33-24(32)15-7-9-16(10-8-15)27-22(30)14-34-25-29-20-12-11-17(13-21(20)35-25)28-23(31)18-5-3-4-6-19(18)26/h3-13H,2,14H2,1H3,(H,27,30)(H,28,31). The van der Waals surface area contributed by atoms with Gasteiger partial charge in [-0.1, -0.05) is 35.5 Å². The predicted octanol–water partition coefficient (Wildman–Crippen LogP) is 6.11. The van der Waals surface area contributed by atoms with Crippen molar-refractivity contribution < 1.29 is 19.1 Å². The highest BCUT2D eigenvalue weighted by Gasteiger charge is 2.13. The van der Waals surface area contributed by atoms with Crippen LogP contribution in [0.3, 0.4) is 0 Å². The van der Waals surface area contributed by atoms with Crippen molar-refractivity contribution in [2.45, 2.75) is 11.3 Å². The van der Waals surface area contributed by atoms with E-state index in [0.29, 0.717) is 34.1 Å². The number of halogens is 1. The molecule has 0 bridgehead atoms. The number of hydrogen-bond acceptors (Lipinski definition) is 7. The minimum Gasteiger partial charge on any atom is -0.462 e. The van der Waals surface area contributed by atoms with Crippen molar-refractivity contribution >= 4 is 74.1 Å². The molecule has 0 aliphatic rings. The lowest BCUT2D eigenvalue weighted by Gasteiger charge is -2.06. The van der Waals surface area contributed by atoms with Gasteiger partial charge in [-0.05, 0) is 61.5 Å². The third-order valence-corrected chi connectivity index (χ3v) is 7.24. The molecule has 4 aromatic rings. The Balaban J connectivity index is 1.34. The number of thioether (sulfide) groups is 1. The maximum Gasteiger partial charge on any atom is 0.338 e. The number of aromatic nitrogens is 1. The van der Waals surface area contributed by atoms with Gasteiger partial charge in [-0.25, -0.2) is 9.78 Å². The summed E-state index contributed by atoms with van der Waals surface area (Å²) >= 11 is 8.87. The Morgan fingerprint density at radius 3 is 2.49 bits per heavy atom. The summed E-state index contributed by atoms with van der Waals surface area (Å²) in [4.78, 5) is 41.1. The topological polar surface area (TPSA) is 97.4 Å². The van der Waals surface area contributed by atoms with E-state index in [-0.39, 0.29) is 17.6 Å². The average Bonchev–Trinajstić information content (AvgIpc) is 3.26. The molecule has 178 valence electrons. The highest BCUT2D eigenvalue weighted by Crippen LogP contribution is 2.31. The van der Waals surface area contributed by atoms with Gasteiger partial charge in [-0.15, -0.1) is 11.3 Å². The third kappa shape index (κ3) is 6.39. The number of nitrogens with zero attached hydrogens (tertiary/aromatic N) is 1. The summed E-state index contributed by atoms with van der Waals surface area (Å²) in [6.07, 6.45) is 0. The molecule has 0 atom stereocenters. The number of nitrogens with one attached hydrogen (secondary N) is 2. The number of amides is 2. The van der Waals surface area contributed by atoms with Crippen LogP contribution in [0, 0.1) is 0 Å².